The first-order valence-electron chi connectivity index (χ1n) is 6.42. The van der Waals surface area contributed by atoms with Crippen molar-refractivity contribution in [2.75, 3.05) is 18.8 Å². The standard InChI is InChI=1S/C12H20N4O2S/c1-12(2,3)18-11(17)16-6-4-8(5-7-16)9-14-10(13)19-15-9/h8H,4-7H2,1-3H3,(H2,13,14,15). The third-order valence-electron chi connectivity index (χ3n) is 2.97. The molecule has 0 atom stereocenters. The van der Waals surface area contributed by atoms with Crippen LogP contribution in [0.2, 0.25) is 0 Å². The van der Waals surface area contributed by atoms with Crippen molar-refractivity contribution in [3.05, 3.63) is 5.82 Å². The van der Waals surface area contributed by atoms with E-state index >= 15 is 0 Å². The molecule has 0 aromatic carbocycles. The van der Waals surface area contributed by atoms with Crippen molar-refractivity contribution in [1.29, 1.82) is 0 Å². The lowest BCUT2D eigenvalue weighted by Gasteiger charge is -2.32. The molecule has 0 unspecified atom stereocenters. The molecule has 1 aliphatic rings. The molecule has 0 radical (unpaired) electrons. The van der Waals surface area contributed by atoms with Gasteiger partial charge in [-0.15, -0.1) is 0 Å². The average Bonchev–Trinajstić information content (AvgIpc) is 2.74. The van der Waals surface area contributed by atoms with E-state index in [1.165, 1.54) is 11.5 Å². The molecular formula is C12H20N4O2S. The van der Waals surface area contributed by atoms with Crippen molar-refractivity contribution in [2.45, 2.75) is 45.1 Å². The van der Waals surface area contributed by atoms with Crippen LogP contribution in [0.5, 0.6) is 0 Å². The summed E-state index contributed by atoms with van der Waals surface area (Å²) < 4.78 is 9.60. The van der Waals surface area contributed by atoms with Crippen LogP contribution in [0.25, 0.3) is 0 Å². The first-order valence-corrected chi connectivity index (χ1v) is 7.19. The summed E-state index contributed by atoms with van der Waals surface area (Å²) in [6, 6.07) is 0. The van der Waals surface area contributed by atoms with E-state index in [0.717, 1.165) is 18.7 Å². The minimum atomic E-state index is -0.446. The zero-order valence-electron chi connectivity index (χ0n) is 11.5. The van der Waals surface area contributed by atoms with Crippen molar-refractivity contribution >= 4 is 22.8 Å². The summed E-state index contributed by atoms with van der Waals surface area (Å²) in [6.07, 6.45) is 1.47. The first-order chi connectivity index (χ1) is 8.85. The Hall–Kier alpha value is -1.37. The SMILES string of the molecule is CC(C)(C)OC(=O)N1CCC(c2nsc(N)n2)CC1. The van der Waals surface area contributed by atoms with Gasteiger partial charge in [0.1, 0.15) is 11.4 Å². The maximum atomic E-state index is 11.9. The highest BCUT2D eigenvalue weighted by Gasteiger charge is 2.28. The first kappa shape index (κ1) is 14.0. The van der Waals surface area contributed by atoms with E-state index in [-0.39, 0.29) is 6.09 Å². The van der Waals surface area contributed by atoms with Gasteiger partial charge in [0.2, 0.25) is 0 Å². The zero-order chi connectivity index (χ0) is 14.0. The predicted molar refractivity (Wildman–Crippen MR) is 74.1 cm³/mol. The number of anilines is 1. The Kier molecular flexibility index (Phi) is 3.93. The number of aromatic nitrogens is 2. The van der Waals surface area contributed by atoms with Crippen molar-refractivity contribution in [3.63, 3.8) is 0 Å². The predicted octanol–water partition coefficient (Wildman–Crippen LogP) is 2.23. The van der Waals surface area contributed by atoms with Crippen LogP contribution in [-0.4, -0.2) is 39.0 Å². The van der Waals surface area contributed by atoms with Gasteiger partial charge in [-0.05, 0) is 33.6 Å². The van der Waals surface area contributed by atoms with Crippen molar-refractivity contribution in [1.82, 2.24) is 14.3 Å². The molecule has 1 fully saturated rings. The summed E-state index contributed by atoms with van der Waals surface area (Å²) in [5.74, 6) is 1.11. The van der Waals surface area contributed by atoms with Gasteiger partial charge in [-0.3, -0.25) is 0 Å². The van der Waals surface area contributed by atoms with Gasteiger partial charge in [0.25, 0.3) is 0 Å². The van der Waals surface area contributed by atoms with Crippen LogP contribution in [0.4, 0.5) is 9.93 Å². The molecule has 2 N–H and O–H groups in total. The van der Waals surface area contributed by atoms with E-state index in [2.05, 4.69) is 9.36 Å². The number of carbonyl (C=O) groups is 1. The number of carbonyl (C=O) groups excluding carboxylic acids is 1. The highest BCUT2D eigenvalue weighted by atomic mass is 32.1. The number of nitrogens with two attached hydrogens (primary N) is 1. The van der Waals surface area contributed by atoms with Crippen LogP contribution >= 0.6 is 11.5 Å². The maximum absolute atomic E-state index is 11.9. The second kappa shape index (κ2) is 5.32. The number of hydrogen-bond acceptors (Lipinski definition) is 6. The molecule has 6 nitrogen and oxygen atoms in total. The topological polar surface area (TPSA) is 81.3 Å². The largest absolute Gasteiger partial charge is 0.444 e. The molecule has 0 spiro atoms. The van der Waals surface area contributed by atoms with E-state index in [0.29, 0.717) is 24.1 Å². The van der Waals surface area contributed by atoms with Gasteiger partial charge in [-0.1, -0.05) is 0 Å². The lowest BCUT2D eigenvalue weighted by molar-refractivity contribution is 0.0203. The summed E-state index contributed by atoms with van der Waals surface area (Å²) in [7, 11) is 0. The Morgan fingerprint density at radius 2 is 2.05 bits per heavy atom. The molecular weight excluding hydrogens is 264 g/mol. The molecule has 1 aromatic heterocycles. The lowest BCUT2D eigenvalue weighted by atomic mass is 9.96. The highest BCUT2D eigenvalue weighted by Crippen LogP contribution is 2.28. The van der Waals surface area contributed by atoms with Gasteiger partial charge < -0.3 is 15.4 Å². The molecule has 106 valence electrons. The molecule has 1 amide bonds. The van der Waals surface area contributed by atoms with Crippen LogP contribution in [0, 0.1) is 0 Å². The van der Waals surface area contributed by atoms with E-state index in [4.69, 9.17) is 10.5 Å². The Labute approximate surface area is 117 Å². The fourth-order valence-corrected chi connectivity index (χ4v) is 2.57. The molecule has 1 aromatic rings. The number of amides is 1. The molecule has 0 saturated carbocycles. The Morgan fingerprint density at radius 1 is 1.42 bits per heavy atom. The monoisotopic (exact) mass is 284 g/mol. The van der Waals surface area contributed by atoms with E-state index in [1.807, 2.05) is 20.8 Å². The summed E-state index contributed by atoms with van der Waals surface area (Å²) in [5, 5.41) is 0.504. The molecule has 2 heterocycles. The number of likely N-dealkylation sites (tertiary alicyclic amines) is 1. The summed E-state index contributed by atoms with van der Waals surface area (Å²) in [6.45, 7) is 6.98. The van der Waals surface area contributed by atoms with Crippen LogP contribution in [0.1, 0.15) is 45.4 Å². The smallest absolute Gasteiger partial charge is 0.410 e. The van der Waals surface area contributed by atoms with Crippen molar-refractivity contribution < 1.29 is 9.53 Å². The Morgan fingerprint density at radius 3 is 2.53 bits per heavy atom. The summed E-state index contributed by atoms with van der Waals surface area (Å²) >= 11 is 1.22. The third kappa shape index (κ3) is 3.79. The van der Waals surface area contributed by atoms with Gasteiger partial charge in [0.05, 0.1) is 0 Å². The van der Waals surface area contributed by atoms with Gasteiger partial charge in [-0.2, -0.15) is 4.37 Å². The maximum Gasteiger partial charge on any atom is 0.410 e. The van der Waals surface area contributed by atoms with Gasteiger partial charge >= 0.3 is 6.09 Å². The van der Waals surface area contributed by atoms with Crippen molar-refractivity contribution in [2.24, 2.45) is 0 Å². The zero-order valence-corrected chi connectivity index (χ0v) is 12.4. The fourth-order valence-electron chi connectivity index (χ4n) is 2.06. The highest BCUT2D eigenvalue weighted by molar-refractivity contribution is 7.09. The summed E-state index contributed by atoms with van der Waals surface area (Å²) in [5.41, 5.74) is 5.14. The van der Waals surface area contributed by atoms with Crippen LogP contribution in [0.3, 0.4) is 0 Å². The molecule has 1 saturated heterocycles. The quantitative estimate of drug-likeness (QED) is 0.855. The second-order valence-corrected chi connectivity index (χ2v) is 6.52. The van der Waals surface area contributed by atoms with Gasteiger partial charge in [-0.25, -0.2) is 9.78 Å². The number of hydrogen-bond donors (Lipinski definition) is 1. The summed E-state index contributed by atoms with van der Waals surface area (Å²) in [4.78, 5) is 17.9. The third-order valence-corrected chi connectivity index (χ3v) is 3.53. The Balaban J connectivity index is 1.87. The molecule has 0 bridgehead atoms. The second-order valence-electron chi connectivity index (χ2n) is 5.73. The van der Waals surface area contributed by atoms with Crippen LogP contribution < -0.4 is 5.73 Å². The fraction of sp³-hybridized carbons (Fsp3) is 0.750. The minimum absolute atomic E-state index is 0.239. The number of piperidine rings is 1. The molecule has 7 heteroatoms. The van der Waals surface area contributed by atoms with Gasteiger partial charge in [0.15, 0.2) is 5.13 Å². The average molecular weight is 284 g/mol. The normalized spacial score (nSPS) is 17.5. The van der Waals surface area contributed by atoms with E-state index < -0.39 is 5.60 Å². The van der Waals surface area contributed by atoms with Crippen LogP contribution in [-0.2, 0) is 4.74 Å². The molecule has 0 aliphatic carbocycles. The van der Waals surface area contributed by atoms with E-state index in [1.54, 1.807) is 4.90 Å². The van der Waals surface area contributed by atoms with Gasteiger partial charge in [0, 0.05) is 30.5 Å². The molecule has 1 aliphatic heterocycles. The lowest BCUT2D eigenvalue weighted by Crippen LogP contribution is -2.41. The van der Waals surface area contributed by atoms with Crippen LogP contribution in [0.15, 0.2) is 0 Å². The minimum Gasteiger partial charge on any atom is -0.444 e. The molecule has 19 heavy (non-hydrogen) atoms. The number of rotatable bonds is 1. The van der Waals surface area contributed by atoms with E-state index in [9.17, 15) is 4.79 Å². The Bertz CT molecular complexity index is 447. The number of ether oxygens (including phenoxy) is 1. The molecule has 2 rings (SSSR count). The number of nitrogens with zero attached hydrogens (tertiary/aromatic N) is 3. The number of nitrogen functional groups attached to an aromatic ring is 1. The van der Waals surface area contributed by atoms with Crippen molar-refractivity contribution in [3.8, 4) is 0 Å².